The highest BCUT2D eigenvalue weighted by atomic mass is 35.5. The summed E-state index contributed by atoms with van der Waals surface area (Å²) in [4.78, 5) is 13.9. The molecule has 0 aliphatic carbocycles. The number of likely N-dealkylation sites (tertiary alicyclic amines) is 1. The van der Waals surface area contributed by atoms with Crippen LogP contribution in [0.2, 0.25) is 0 Å². The van der Waals surface area contributed by atoms with E-state index in [9.17, 15) is 4.79 Å². The van der Waals surface area contributed by atoms with Gasteiger partial charge in [-0.3, -0.25) is 9.48 Å². The fourth-order valence-corrected chi connectivity index (χ4v) is 2.30. The first-order valence-corrected chi connectivity index (χ1v) is 6.19. The topological polar surface area (TPSA) is 64.2 Å². The van der Waals surface area contributed by atoms with Crippen LogP contribution in [-0.4, -0.2) is 39.7 Å². The van der Waals surface area contributed by atoms with Gasteiger partial charge in [-0.2, -0.15) is 5.10 Å². The van der Waals surface area contributed by atoms with Crippen LogP contribution >= 0.6 is 24.8 Å². The van der Waals surface area contributed by atoms with Crippen molar-refractivity contribution in [2.75, 3.05) is 13.1 Å². The van der Waals surface area contributed by atoms with Gasteiger partial charge in [0.1, 0.15) is 0 Å². The number of rotatable bonds is 3. The number of halogens is 2. The zero-order valence-corrected chi connectivity index (χ0v) is 12.7. The minimum atomic E-state index is -0.0624. The number of nitrogens with zero attached hydrogens (tertiary/aromatic N) is 3. The highest BCUT2D eigenvalue weighted by molar-refractivity contribution is 5.85. The maximum Gasteiger partial charge on any atom is 0.224 e. The summed E-state index contributed by atoms with van der Waals surface area (Å²) in [5, 5.41) is 4.25. The largest absolute Gasteiger partial charge is 0.341 e. The Morgan fingerprint density at radius 2 is 2.26 bits per heavy atom. The molecule has 1 aliphatic heterocycles. The molecule has 0 spiro atoms. The van der Waals surface area contributed by atoms with Crippen LogP contribution in [-0.2, 0) is 4.79 Å². The standard InChI is InChI=1S/C12H20N4O.2ClH/c1-10(13)8-12(17)15-6-2-4-11(9-15)16-7-3-5-14-16;;/h3,5,7,10-11H,2,4,6,8-9,13H2,1H3;2*1H. The Bertz CT molecular complexity index is 370. The first kappa shape index (κ1) is 18.2. The van der Waals surface area contributed by atoms with Gasteiger partial charge < -0.3 is 10.6 Å². The van der Waals surface area contributed by atoms with E-state index >= 15 is 0 Å². The third-order valence-corrected chi connectivity index (χ3v) is 3.14. The predicted octanol–water partition coefficient (Wildman–Crippen LogP) is 1.63. The second-order valence-corrected chi connectivity index (χ2v) is 4.80. The van der Waals surface area contributed by atoms with E-state index in [4.69, 9.17) is 5.73 Å². The molecular weight excluding hydrogens is 287 g/mol. The number of piperidine rings is 1. The van der Waals surface area contributed by atoms with Crippen LogP contribution in [0, 0.1) is 0 Å². The number of aromatic nitrogens is 2. The number of hydrogen-bond acceptors (Lipinski definition) is 3. The molecule has 2 rings (SSSR count). The van der Waals surface area contributed by atoms with E-state index in [0.717, 1.165) is 25.9 Å². The third kappa shape index (κ3) is 5.01. The summed E-state index contributed by atoms with van der Waals surface area (Å²) in [7, 11) is 0. The molecule has 1 aromatic heterocycles. The van der Waals surface area contributed by atoms with Crippen molar-refractivity contribution in [2.45, 2.75) is 38.3 Å². The summed E-state index contributed by atoms with van der Waals surface area (Å²) in [6, 6.07) is 2.17. The summed E-state index contributed by atoms with van der Waals surface area (Å²) in [5.41, 5.74) is 5.66. The monoisotopic (exact) mass is 308 g/mol. The molecule has 0 radical (unpaired) electrons. The Kier molecular flexibility index (Phi) is 8.06. The van der Waals surface area contributed by atoms with Gasteiger partial charge in [0.2, 0.25) is 5.91 Å². The quantitative estimate of drug-likeness (QED) is 0.923. The lowest BCUT2D eigenvalue weighted by molar-refractivity contribution is -0.133. The summed E-state index contributed by atoms with van der Waals surface area (Å²) >= 11 is 0. The van der Waals surface area contributed by atoms with Gasteiger partial charge in [0.25, 0.3) is 0 Å². The molecule has 1 saturated heterocycles. The van der Waals surface area contributed by atoms with Crippen LogP contribution in [0.1, 0.15) is 32.2 Å². The Balaban J connectivity index is 0.00000162. The van der Waals surface area contributed by atoms with Crippen LogP contribution in [0.5, 0.6) is 0 Å². The van der Waals surface area contributed by atoms with Crippen LogP contribution in [0.4, 0.5) is 0 Å². The van der Waals surface area contributed by atoms with Gasteiger partial charge in [0.15, 0.2) is 0 Å². The number of hydrogen-bond donors (Lipinski definition) is 1. The van der Waals surface area contributed by atoms with Gasteiger partial charge in [-0.15, -0.1) is 24.8 Å². The van der Waals surface area contributed by atoms with E-state index in [1.807, 2.05) is 28.8 Å². The molecule has 0 saturated carbocycles. The fourth-order valence-electron chi connectivity index (χ4n) is 2.30. The minimum Gasteiger partial charge on any atom is -0.341 e. The molecule has 1 fully saturated rings. The van der Waals surface area contributed by atoms with Crippen molar-refractivity contribution in [2.24, 2.45) is 5.73 Å². The normalized spacial score (nSPS) is 20.1. The molecule has 2 atom stereocenters. The van der Waals surface area contributed by atoms with Crippen molar-refractivity contribution in [1.82, 2.24) is 14.7 Å². The van der Waals surface area contributed by atoms with Gasteiger partial charge >= 0.3 is 0 Å². The van der Waals surface area contributed by atoms with Crippen molar-refractivity contribution in [1.29, 1.82) is 0 Å². The second-order valence-electron chi connectivity index (χ2n) is 4.80. The average Bonchev–Trinajstić information content (AvgIpc) is 2.82. The van der Waals surface area contributed by atoms with Crippen molar-refractivity contribution in [3.05, 3.63) is 18.5 Å². The van der Waals surface area contributed by atoms with Gasteiger partial charge in [-0.1, -0.05) is 0 Å². The van der Waals surface area contributed by atoms with E-state index in [-0.39, 0.29) is 36.8 Å². The van der Waals surface area contributed by atoms with Gasteiger partial charge in [0.05, 0.1) is 6.04 Å². The van der Waals surface area contributed by atoms with Crippen LogP contribution in [0.3, 0.4) is 0 Å². The summed E-state index contributed by atoms with van der Waals surface area (Å²) in [5.74, 6) is 0.164. The van der Waals surface area contributed by atoms with Crippen molar-refractivity contribution in [3.63, 3.8) is 0 Å². The first-order valence-electron chi connectivity index (χ1n) is 6.19. The van der Waals surface area contributed by atoms with Crippen molar-refractivity contribution < 1.29 is 4.79 Å². The third-order valence-electron chi connectivity index (χ3n) is 3.14. The molecule has 1 aromatic rings. The lowest BCUT2D eigenvalue weighted by Gasteiger charge is -2.33. The van der Waals surface area contributed by atoms with Gasteiger partial charge in [-0.25, -0.2) is 0 Å². The number of nitrogens with two attached hydrogens (primary N) is 1. The zero-order chi connectivity index (χ0) is 12.3. The molecule has 5 nitrogen and oxygen atoms in total. The molecule has 19 heavy (non-hydrogen) atoms. The highest BCUT2D eigenvalue weighted by Gasteiger charge is 2.25. The summed E-state index contributed by atoms with van der Waals surface area (Å²) < 4.78 is 1.95. The SMILES string of the molecule is CC(N)CC(=O)N1CCCC(n2cccn2)C1.Cl.Cl. The lowest BCUT2D eigenvalue weighted by Crippen LogP contribution is -2.42. The maximum atomic E-state index is 11.9. The van der Waals surface area contributed by atoms with Crippen molar-refractivity contribution >= 4 is 30.7 Å². The molecule has 0 bridgehead atoms. The highest BCUT2D eigenvalue weighted by Crippen LogP contribution is 2.21. The molecular formula is C12H22Cl2N4O. The molecule has 1 amide bonds. The van der Waals surface area contributed by atoms with E-state index in [1.54, 1.807) is 6.20 Å². The van der Waals surface area contributed by atoms with Crippen LogP contribution < -0.4 is 5.73 Å². The predicted molar refractivity (Wildman–Crippen MR) is 79.8 cm³/mol. The molecule has 2 N–H and O–H groups in total. The van der Waals surface area contributed by atoms with E-state index < -0.39 is 0 Å². The zero-order valence-electron chi connectivity index (χ0n) is 11.1. The molecule has 7 heteroatoms. The Hall–Kier alpha value is -0.780. The average molecular weight is 309 g/mol. The number of carbonyl (C=O) groups is 1. The Morgan fingerprint density at radius 3 is 2.84 bits per heavy atom. The molecule has 2 heterocycles. The van der Waals surface area contributed by atoms with Crippen LogP contribution in [0.25, 0.3) is 0 Å². The Morgan fingerprint density at radius 1 is 1.53 bits per heavy atom. The Labute approximate surface area is 126 Å². The molecule has 1 aliphatic rings. The fraction of sp³-hybridized carbons (Fsp3) is 0.667. The van der Waals surface area contributed by atoms with E-state index in [2.05, 4.69) is 5.10 Å². The molecule has 2 unspecified atom stereocenters. The summed E-state index contributed by atoms with van der Waals surface area (Å²) in [6.07, 6.45) is 6.30. The smallest absolute Gasteiger partial charge is 0.224 e. The number of carbonyl (C=O) groups excluding carboxylic acids is 1. The molecule has 0 aromatic carbocycles. The maximum absolute atomic E-state index is 11.9. The van der Waals surface area contributed by atoms with Gasteiger partial charge in [-0.05, 0) is 25.8 Å². The summed E-state index contributed by atoms with van der Waals surface area (Å²) in [6.45, 7) is 3.48. The second kappa shape index (κ2) is 8.40. The molecule has 110 valence electrons. The number of amides is 1. The van der Waals surface area contributed by atoms with E-state index in [0.29, 0.717) is 12.5 Å². The van der Waals surface area contributed by atoms with Crippen LogP contribution in [0.15, 0.2) is 18.5 Å². The lowest BCUT2D eigenvalue weighted by atomic mass is 10.0. The van der Waals surface area contributed by atoms with Gasteiger partial charge in [0, 0.05) is 37.9 Å². The first-order chi connectivity index (χ1) is 8.16. The minimum absolute atomic E-state index is 0. The van der Waals surface area contributed by atoms with E-state index in [1.165, 1.54) is 0 Å². The van der Waals surface area contributed by atoms with Crippen molar-refractivity contribution in [3.8, 4) is 0 Å².